The molecule has 0 heterocycles. The molecule has 2 N–H and O–H groups in total. The van der Waals surface area contributed by atoms with Gasteiger partial charge in [-0.1, -0.05) is 38.8 Å². The maximum absolute atomic E-state index is 12.3. The Morgan fingerprint density at radius 3 is 2.32 bits per heavy atom. The molecule has 0 bridgehead atoms. The highest BCUT2D eigenvalue weighted by Gasteiger charge is 2.14. The highest BCUT2D eigenvalue weighted by Crippen LogP contribution is 2.17. The number of amides is 1. The number of carbonyl (C=O) groups is 1. The Hall–Kier alpha value is -1.35. The fraction of sp³-hybridized carbons (Fsp3) is 0.562. The summed E-state index contributed by atoms with van der Waals surface area (Å²) in [5.74, 6) is 0.232. The lowest BCUT2D eigenvalue weighted by Crippen LogP contribution is -2.31. The van der Waals surface area contributed by atoms with Crippen molar-refractivity contribution in [2.45, 2.75) is 52.5 Å². The van der Waals surface area contributed by atoms with Gasteiger partial charge in [0.05, 0.1) is 0 Å². The van der Waals surface area contributed by atoms with E-state index in [4.69, 9.17) is 5.73 Å². The van der Waals surface area contributed by atoms with Gasteiger partial charge in [0.1, 0.15) is 0 Å². The molecule has 1 rings (SSSR count). The summed E-state index contributed by atoms with van der Waals surface area (Å²) in [5, 5.41) is 0. The first kappa shape index (κ1) is 15.7. The van der Waals surface area contributed by atoms with Crippen molar-refractivity contribution in [1.82, 2.24) is 0 Å². The van der Waals surface area contributed by atoms with Crippen LogP contribution in [0.2, 0.25) is 0 Å². The minimum atomic E-state index is 0.232. The third kappa shape index (κ3) is 5.03. The van der Waals surface area contributed by atoms with Crippen LogP contribution in [0.1, 0.15) is 51.5 Å². The zero-order valence-corrected chi connectivity index (χ0v) is 12.2. The lowest BCUT2D eigenvalue weighted by Gasteiger charge is -2.22. The molecular formula is C16H26N2O. The highest BCUT2D eigenvalue weighted by atomic mass is 16.2. The normalized spacial score (nSPS) is 10.5. The fourth-order valence-electron chi connectivity index (χ4n) is 2.09. The molecule has 0 aromatic heterocycles. The smallest absolute Gasteiger partial charge is 0.226 e. The Morgan fingerprint density at radius 1 is 1.11 bits per heavy atom. The number of carbonyl (C=O) groups excluding carboxylic acids is 1. The van der Waals surface area contributed by atoms with E-state index >= 15 is 0 Å². The number of benzene rings is 1. The molecular weight excluding hydrogens is 236 g/mol. The van der Waals surface area contributed by atoms with Crippen LogP contribution in [0.3, 0.4) is 0 Å². The van der Waals surface area contributed by atoms with Crippen molar-refractivity contribution in [2.24, 2.45) is 5.73 Å². The summed E-state index contributed by atoms with van der Waals surface area (Å²) in [6.07, 6.45) is 4.87. The van der Waals surface area contributed by atoms with Crippen LogP contribution in [0.5, 0.6) is 0 Å². The molecule has 0 fully saturated rings. The zero-order chi connectivity index (χ0) is 14.1. The van der Waals surface area contributed by atoms with Crippen LogP contribution in [0.25, 0.3) is 0 Å². The first-order valence-electron chi connectivity index (χ1n) is 7.32. The predicted molar refractivity (Wildman–Crippen MR) is 81.1 cm³/mol. The van der Waals surface area contributed by atoms with Gasteiger partial charge >= 0.3 is 0 Å². The first-order chi connectivity index (χ1) is 9.22. The van der Waals surface area contributed by atoms with Crippen molar-refractivity contribution in [3.8, 4) is 0 Å². The van der Waals surface area contributed by atoms with Crippen molar-refractivity contribution < 1.29 is 4.79 Å². The number of hydrogen-bond donors (Lipinski definition) is 1. The summed E-state index contributed by atoms with van der Waals surface area (Å²) in [7, 11) is 0. The molecule has 0 saturated heterocycles. The van der Waals surface area contributed by atoms with Gasteiger partial charge in [-0.05, 0) is 30.5 Å². The fourth-order valence-corrected chi connectivity index (χ4v) is 2.09. The van der Waals surface area contributed by atoms with E-state index in [2.05, 4.69) is 13.8 Å². The molecule has 0 spiro atoms. The molecule has 0 radical (unpaired) electrons. The van der Waals surface area contributed by atoms with Crippen LogP contribution in [0, 0.1) is 0 Å². The van der Waals surface area contributed by atoms with Gasteiger partial charge < -0.3 is 10.6 Å². The molecule has 3 nitrogen and oxygen atoms in total. The Morgan fingerprint density at radius 2 is 1.79 bits per heavy atom. The number of anilines is 1. The second-order valence-corrected chi connectivity index (χ2v) is 4.87. The van der Waals surface area contributed by atoms with Crippen LogP contribution in [-0.2, 0) is 11.3 Å². The largest absolute Gasteiger partial charge is 0.326 e. The lowest BCUT2D eigenvalue weighted by atomic mass is 10.1. The van der Waals surface area contributed by atoms with Gasteiger partial charge in [-0.15, -0.1) is 0 Å². The summed E-state index contributed by atoms with van der Waals surface area (Å²) in [6, 6.07) is 7.99. The minimum absolute atomic E-state index is 0.232. The molecule has 0 aliphatic rings. The van der Waals surface area contributed by atoms with Gasteiger partial charge in [-0.3, -0.25) is 4.79 Å². The Bertz CT molecular complexity index is 373. The van der Waals surface area contributed by atoms with E-state index in [1.807, 2.05) is 29.2 Å². The summed E-state index contributed by atoms with van der Waals surface area (Å²) in [4.78, 5) is 14.2. The molecule has 0 atom stereocenters. The molecule has 0 saturated carbocycles. The topological polar surface area (TPSA) is 46.3 Å². The zero-order valence-electron chi connectivity index (χ0n) is 12.2. The van der Waals surface area contributed by atoms with Crippen LogP contribution < -0.4 is 10.6 Å². The summed E-state index contributed by atoms with van der Waals surface area (Å²) in [5.41, 5.74) is 7.68. The van der Waals surface area contributed by atoms with Gasteiger partial charge in [0, 0.05) is 25.2 Å². The van der Waals surface area contributed by atoms with E-state index in [0.717, 1.165) is 43.5 Å². The third-order valence-electron chi connectivity index (χ3n) is 3.23. The number of hydrogen-bond acceptors (Lipinski definition) is 2. The second kappa shape index (κ2) is 8.70. The van der Waals surface area contributed by atoms with E-state index in [0.29, 0.717) is 13.0 Å². The number of unbranched alkanes of at least 4 members (excludes halogenated alkanes) is 2. The van der Waals surface area contributed by atoms with Gasteiger partial charge in [0.2, 0.25) is 5.91 Å². The molecule has 1 aromatic carbocycles. The molecule has 1 amide bonds. The maximum atomic E-state index is 12.3. The van der Waals surface area contributed by atoms with Crippen molar-refractivity contribution >= 4 is 11.6 Å². The van der Waals surface area contributed by atoms with Crippen molar-refractivity contribution in [1.29, 1.82) is 0 Å². The summed E-state index contributed by atoms with van der Waals surface area (Å²) >= 11 is 0. The van der Waals surface area contributed by atoms with E-state index < -0.39 is 0 Å². The predicted octanol–water partition coefficient (Wildman–Crippen LogP) is 3.47. The molecule has 0 aliphatic heterocycles. The lowest BCUT2D eigenvalue weighted by molar-refractivity contribution is -0.118. The molecule has 1 aromatic rings. The van der Waals surface area contributed by atoms with Crippen molar-refractivity contribution in [2.75, 3.05) is 11.4 Å². The van der Waals surface area contributed by atoms with Gasteiger partial charge in [-0.25, -0.2) is 0 Å². The van der Waals surface area contributed by atoms with Crippen molar-refractivity contribution in [3.63, 3.8) is 0 Å². The van der Waals surface area contributed by atoms with E-state index in [1.165, 1.54) is 0 Å². The van der Waals surface area contributed by atoms with Gasteiger partial charge in [0.15, 0.2) is 0 Å². The summed E-state index contributed by atoms with van der Waals surface area (Å²) in [6.45, 7) is 5.58. The Kier molecular flexibility index (Phi) is 7.19. The molecule has 106 valence electrons. The van der Waals surface area contributed by atoms with Crippen LogP contribution in [-0.4, -0.2) is 12.5 Å². The summed E-state index contributed by atoms with van der Waals surface area (Å²) < 4.78 is 0. The van der Waals surface area contributed by atoms with Crippen LogP contribution in [0.15, 0.2) is 24.3 Å². The van der Waals surface area contributed by atoms with Crippen LogP contribution >= 0.6 is 0 Å². The van der Waals surface area contributed by atoms with E-state index in [-0.39, 0.29) is 5.91 Å². The molecule has 0 unspecified atom stereocenters. The third-order valence-corrected chi connectivity index (χ3v) is 3.23. The average molecular weight is 262 g/mol. The number of rotatable bonds is 8. The second-order valence-electron chi connectivity index (χ2n) is 4.87. The minimum Gasteiger partial charge on any atom is -0.326 e. The van der Waals surface area contributed by atoms with Gasteiger partial charge in [0.25, 0.3) is 0 Å². The SMILES string of the molecule is CCCCCC(=O)N(CCC)c1ccc(CN)cc1. The number of nitrogens with zero attached hydrogens (tertiary/aromatic N) is 1. The van der Waals surface area contributed by atoms with Gasteiger partial charge in [-0.2, -0.15) is 0 Å². The quantitative estimate of drug-likeness (QED) is 0.729. The number of nitrogens with two attached hydrogens (primary N) is 1. The molecule has 0 aliphatic carbocycles. The standard InChI is InChI=1S/C16H26N2O/c1-3-5-6-7-16(19)18(12-4-2)15-10-8-14(13-17)9-11-15/h8-11H,3-7,12-13,17H2,1-2H3. The van der Waals surface area contributed by atoms with E-state index in [1.54, 1.807) is 0 Å². The van der Waals surface area contributed by atoms with E-state index in [9.17, 15) is 4.79 Å². The van der Waals surface area contributed by atoms with Crippen molar-refractivity contribution in [3.05, 3.63) is 29.8 Å². The monoisotopic (exact) mass is 262 g/mol. The highest BCUT2D eigenvalue weighted by molar-refractivity contribution is 5.93. The Balaban J connectivity index is 2.71. The van der Waals surface area contributed by atoms with Crippen LogP contribution in [0.4, 0.5) is 5.69 Å². The Labute approximate surface area is 116 Å². The first-order valence-corrected chi connectivity index (χ1v) is 7.32. The molecule has 3 heteroatoms. The maximum Gasteiger partial charge on any atom is 0.226 e. The average Bonchev–Trinajstić information content (AvgIpc) is 2.45. The molecule has 19 heavy (non-hydrogen) atoms.